The van der Waals surface area contributed by atoms with E-state index in [9.17, 15) is 14.0 Å². The third-order valence-corrected chi connectivity index (χ3v) is 9.01. The molecule has 3 aliphatic rings. The number of halogens is 1. The number of hydrogen-bond acceptors (Lipinski definition) is 4. The lowest BCUT2D eigenvalue weighted by Crippen LogP contribution is -2.45. The van der Waals surface area contributed by atoms with Gasteiger partial charge in [-0.1, -0.05) is 37.8 Å². The number of hydrogen-bond donors (Lipinski definition) is 0. The second-order valence-electron chi connectivity index (χ2n) is 10.3. The van der Waals surface area contributed by atoms with Crippen LogP contribution in [0.5, 0.6) is 0 Å². The van der Waals surface area contributed by atoms with E-state index in [2.05, 4.69) is 16.3 Å². The van der Waals surface area contributed by atoms with E-state index < -0.39 is 0 Å². The molecule has 1 unspecified atom stereocenters. The summed E-state index contributed by atoms with van der Waals surface area (Å²) in [6.45, 7) is 3.73. The molecular weight excluding hydrogens is 461 g/mol. The first kappa shape index (κ1) is 24.4. The van der Waals surface area contributed by atoms with Gasteiger partial charge < -0.3 is 9.80 Å². The lowest BCUT2D eigenvalue weighted by Gasteiger charge is -2.37. The predicted octanol–water partition coefficient (Wildman–Crippen LogP) is 4.87. The molecule has 2 aromatic rings. The van der Waals surface area contributed by atoms with Gasteiger partial charge in [-0.3, -0.25) is 14.5 Å². The molecule has 1 aliphatic carbocycles. The van der Waals surface area contributed by atoms with Crippen molar-refractivity contribution in [2.24, 2.45) is 5.92 Å². The van der Waals surface area contributed by atoms with Gasteiger partial charge in [0.15, 0.2) is 0 Å². The number of rotatable bonds is 6. The summed E-state index contributed by atoms with van der Waals surface area (Å²) in [6.07, 6.45) is 8.56. The Labute approximate surface area is 211 Å². The molecule has 3 heterocycles. The van der Waals surface area contributed by atoms with Gasteiger partial charge in [0.2, 0.25) is 11.8 Å². The average Bonchev–Trinajstić information content (AvgIpc) is 3.49. The molecule has 1 aromatic carbocycles. The van der Waals surface area contributed by atoms with Crippen molar-refractivity contribution in [2.75, 3.05) is 39.3 Å². The van der Waals surface area contributed by atoms with E-state index >= 15 is 0 Å². The minimum absolute atomic E-state index is 0.102. The van der Waals surface area contributed by atoms with E-state index in [1.165, 1.54) is 42.2 Å². The highest BCUT2D eigenvalue weighted by molar-refractivity contribution is 7.10. The Morgan fingerprint density at radius 1 is 0.943 bits per heavy atom. The van der Waals surface area contributed by atoms with Crippen LogP contribution in [-0.2, 0) is 16.0 Å². The minimum Gasteiger partial charge on any atom is -0.341 e. The Kier molecular flexibility index (Phi) is 7.83. The number of carbonyl (C=O) groups excluding carboxylic acids is 2. The topological polar surface area (TPSA) is 43.9 Å². The first-order chi connectivity index (χ1) is 17.1. The Hall–Kier alpha value is -2.25. The molecule has 5 rings (SSSR count). The van der Waals surface area contributed by atoms with Gasteiger partial charge in [-0.05, 0) is 59.9 Å². The number of carbonyl (C=O) groups is 2. The summed E-state index contributed by atoms with van der Waals surface area (Å²) in [6, 6.07) is 8.78. The summed E-state index contributed by atoms with van der Waals surface area (Å²) in [7, 11) is 0. The predicted molar refractivity (Wildman–Crippen MR) is 137 cm³/mol. The smallest absolute Gasteiger partial charge is 0.236 e. The van der Waals surface area contributed by atoms with Gasteiger partial charge in [0, 0.05) is 44.0 Å². The zero-order chi connectivity index (χ0) is 24.2. The van der Waals surface area contributed by atoms with Gasteiger partial charge >= 0.3 is 0 Å². The van der Waals surface area contributed by atoms with Gasteiger partial charge in [0.1, 0.15) is 5.82 Å². The number of thiophene rings is 1. The van der Waals surface area contributed by atoms with E-state index in [0.717, 1.165) is 43.8 Å². The number of benzene rings is 1. The lowest BCUT2D eigenvalue weighted by atomic mass is 9.93. The fourth-order valence-corrected chi connectivity index (χ4v) is 6.98. The second kappa shape index (κ2) is 11.2. The standard InChI is InChI=1S/C28H36FN3O2S/c29-23-8-3-7-22(19-23)28-24-12-18-35-25(24)11-15-32(28)20-27(34)31-14-4-13-30(16-17-31)26(33)10-9-21-5-1-2-6-21/h3,7-8,12,18-19,21,28H,1-2,4-6,9-11,13-17,20H2. The highest BCUT2D eigenvalue weighted by Crippen LogP contribution is 2.38. The molecule has 0 N–H and O–H groups in total. The van der Waals surface area contributed by atoms with Gasteiger partial charge in [0.25, 0.3) is 0 Å². The van der Waals surface area contributed by atoms with Crippen molar-refractivity contribution in [3.63, 3.8) is 0 Å². The van der Waals surface area contributed by atoms with E-state index in [4.69, 9.17) is 0 Å². The molecule has 0 bridgehead atoms. The molecule has 0 spiro atoms. The maximum Gasteiger partial charge on any atom is 0.236 e. The molecule has 35 heavy (non-hydrogen) atoms. The Morgan fingerprint density at radius 3 is 2.49 bits per heavy atom. The Morgan fingerprint density at radius 2 is 1.71 bits per heavy atom. The van der Waals surface area contributed by atoms with Crippen molar-refractivity contribution in [3.8, 4) is 0 Å². The highest BCUT2D eigenvalue weighted by atomic mass is 32.1. The van der Waals surface area contributed by atoms with Crippen LogP contribution in [0.3, 0.4) is 0 Å². The van der Waals surface area contributed by atoms with Crippen molar-refractivity contribution < 1.29 is 14.0 Å². The van der Waals surface area contributed by atoms with Crippen molar-refractivity contribution in [2.45, 2.75) is 57.4 Å². The number of nitrogens with zero attached hydrogens (tertiary/aromatic N) is 3. The first-order valence-corrected chi connectivity index (χ1v) is 14.1. The summed E-state index contributed by atoms with van der Waals surface area (Å²) in [5.74, 6) is 0.827. The molecule has 2 amide bonds. The monoisotopic (exact) mass is 497 g/mol. The summed E-state index contributed by atoms with van der Waals surface area (Å²) in [5.41, 5.74) is 2.08. The first-order valence-electron chi connectivity index (χ1n) is 13.2. The summed E-state index contributed by atoms with van der Waals surface area (Å²) in [5, 5.41) is 2.09. The van der Waals surface area contributed by atoms with Gasteiger partial charge in [-0.25, -0.2) is 4.39 Å². The van der Waals surface area contributed by atoms with Crippen LogP contribution in [0.4, 0.5) is 4.39 Å². The van der Waals surface area contributed by atoms with Crippen molar-refractivity contribution in [1.29, 1.82) is 0 Å². The molecular formula is C28H36FN3O2S. The van der Waals surface area contributed by atoms with Crippen molar-refractivity contribution in [1.82, 2.24) is 14.7 Å². The average molecular weight is 498 g/mol. The van der Waals surface area contributed by atoms with Crippen LogP contribution in [0.2, 0.25) is 0 Å². The third kappa shape index (κ3) is 5.78. The Balaban J connectivity index is 1.20. The van der Waals surface area contributed by atoms with E-state index in [1.54, 1.807) is 23.5 Å². The Bertz CT molecular complexity index is 1030. The molecule has 2 aliphatic heterocycles. The van der Waals surface area contributed by atoms with Crippen LogP contribution in [0, 0.1) is 11.7 Å². The molecule has 7 heteroatoms. The quantitative estimate of drug-likeness (QED) is 0.572. The second-order valence-corrected chi connectivity index (χ2v) is 11.3. The SMILES string of the molecule is O=C(CCC1CCCC1)N1CCCN(C(=O)CN2CCc3sccc3C2c2cccc(F)c2)CC1. The number of amides is 2. The fourth-order valence-electron chi connectivity index (χ4n) is 6.08. The molecule has 188 valence electrons. The third-order valence-electron chi connectivity index (χ3n) is 8.01. The van der Waals surface area contributed by atoms with Crippen LogP contribution < -0.4 is 0 Å². The largest absolute Gasteiger partial charge is 0.341 e. The molecule has 1 atom stereocenters. The lowest BCUT2D eigenvalue weighted by molar-refractivity contribution is -0.134. The van der Waals surface area contributed by atoms with Gasteiger partial charge in [0.05, 0.1) is 12.6 Å². The normalized spacial score (nSPS) is 21.7. The minimum atomic E-state index is -0.249. The maximum atomic E-state index is 14.1. The highest BCUT2D eigenvalue weighted by Gasteiger charge is 2.32. The van der Waals surface area contributed by atoms with Crippen LogP contribution in [0.15, 0.2) is 35.7 Å². The van der Waals surface area contributed by atoms with Gasteiger partial charge in [-0.2, -0.15) is 0 Å². The summed E-state index contributed by atoms with van der Waals surface area (Å²) >= 11 is 1.74. The molecule has 1 saturated carbocycles. The van der Waals surface area contributed by atoms with Crippen molar-refractivity contribution >= 4 is 23.2 Å². The molecule has 5 nitrogen and oxygen atoms in total. The van der Waals surface area contributed by atoms with E-state index in [0.29, 0.717) is 32.6 Å². The van der Waals surface area contributed by atoms with Gasteiger partial charge in [-0.15, -0.1) is 11.3 Å². The summed E-state index contributed by atoms with van der Waals surface area (Å²) in [4.78, 5) is 33.6. The van der Waals surface area contributed by atoms with Crippen LogP contribution >= 0.6 is 11.3 Å². The zero-order valence-corrected chi connectivity index (χ0v) is 21.3. The van der Waals surface area contributed by atoms with Crippen LogP contribution in [0.25, 0.3) is 0 Å². The fraction of sp³-hybridized carbons (Fsp3) is 0.571. The molecule has 0 radical (unpaired) electrons. The van der Waals surface area contributed by atoms with E-state index in [1.807, 2.05) is 15.9 Å². The number of fused-ring (bicyclic) bond motifs is 1. The molecule has 2 fully saturated rings. The van der Waals surface area contributed by atoms with Crippen LogP contribution in [0.1, 0.15) is 67.0 Å². The summed E-state index contributed by atoms with van der Waals surface area (Å²) < 4.78 is 14.1. The van der Waals surface area contributed by atoms with Crippen LogP contribution in [-0.4, -0.2) is 65.8 Å². The molecule has 1 saturated heterocycles. The van der Waals surface area contributed by atoms with Crippen molar-refractivity contribution in [3.05, 3.63) is 57.5 Å². The maximum absolute atomic E-state index is 14.1. The molecule has 1 aromatic heterocycles. The zero-order valence-electron chi connectivity index (χ0n) is 20.5. The van der Waals surface area contributed by atoms with E-state index in [-0.39, 0.29) is 23.7 Å².